The highest BCUT2D eigenvalue weighted by atomic mass is 32.1. The second-order valence-corrected chi connectivity index (χ2v) is 7.17. The standard InChI is InChI=1S/C19H17N3O3S/c23-17(10-13-4-2-1-3-5-13)22-8-6-15-16(11-22)26-19(20-15)21-18(24)14-7-9-25-12-14/h1-5,7,9,12H,6,8,10-11H2,(H,20,21,24). The maximum Gasteiger partial charge on any atom is 0.260 e. The number of thiazole rings is 1. The highest BCUT2D eigenvalue weighted by molar-refractivity contribution is 7.15. The van der Waals surface area contributed by atoms with E-state index in [9.17, 15) is 9.59 Å². The molecule has 0 fully saturated rings. The predicted molar refractivity (Wildman–Crippen MR) is 98.0 cm³/mol. The fourth-order valence-corrected chi connectivity index (χ4v) is 3.93. The molecule has 0 aliphatic carbocycles. The summed E-state index contributed by atoms with van der Waals surface area (Å²) < 4.78 is 4.92. The molecule has 3 aromatic rings. The second kappa shape index (κ2) is 7.13. The molecule has 2 aromatic heterocycles. The predicted octanol–water partition coefficient (Wildman–Crippen LogP) is 3.12. The largest absolute Gasteiger partial charge is 0.472 e. The molecule has 2 amide bonds. The van der Waals surface area contributed by atoms with Crippen LogP contribution < -0.4 is 5.32 Å². The number of furan rings is 1. The molecule has 4 rings (SSSR count). The van der Waals surface area contributed by atoms with E-state index in [0.29, 0.717) is 36.6 Å². The Kier molecular flexibility index (Phi) is 4.53. The van der Waals surface area contributed by atoms with Crippen LogP contribution in [0.25, 0.3) is 0 Å². The average molecular weight is 367 g/mol. The summed E-state index contributed by atoms with van der Waals surface area (Å²) in [6.07, 6.45) is 3.96. The van der Waals surface area contributed by atoms with Gasteiger partial charge in [-0.15, -0.1) is 0 Å². The smallest absolute Gasteiger partial charge is 0.260 e. The molecule has 26 heavy (non-hydrogen) atoms. The molecule has 1 N–H and O–H groups in total. The Morgan fingerprint density at radius 3 is 2.85 bits per heavy atom. The lowest BCUT2D eigenvalue weighted by molar-refractivity contribution is -0.131. The summed E-state index contributed by atoms with van der Waals surface area (Å²) in [5.74, 6) is -0.138. The van der Waals surface area contributed by atoms with Gasteiger partial charge in [0.1, 0.15) is 6.26 Å². The van der Waals surface area contributed by atoms with Crippen LogP contribution in [-0.4, -0.2) is 28.2 Å². The van der Waals surface area contributed by atoms with E-state index in [1.165, 1.54) is 23.9 Å². The van der Waals surface area contributed by atoms with Gasteiger partial charge in [-0.2, -0.15) is 0 Å². The molecule has 132 valence electrons. The molecule has 1 aliphatic rings. The van der Waals surface area contributed by atoms with Gasteiger partial charge in [0.15, 0.2) is 5.13 Å². The number of benzene rings is 1. The highest BCUT2D eigenvalue weighted by Crippen LogP contribution is 2.29. The molecule has 3 heterocycles. The number of nitrogens with zero attached hydrogens (tertiary/aromatic N) is 2. The van der Waals surface area contributed by atoms with Crippen LogP contribution in [0.15, 0.2) is 53.3 Å². The van der Waals surface area contributed by atoms with Crippen molar-refractivity contribution in [1.82, 2.24) is 9.88 Å². The quantitative estimate of drug-likeness (QED) is 0.769. The van der Waals surface area contributed by atoms with Crippen molar-refractivity contribution in [3.8, 4) is 0 Å². The van der Waals surface area contributed by atoms with Crippen LogP contribution in [0.1, 0.15) is 26.5 Å². The number of hydrogen-bond donors (Lipinski definition) is 1. The first kappa shape index (κ1) is 16.5. The van der Waals surface area contributed by atoms with Crippen molar-refractivity contribution in [2.45, 2.75) is 19.4 Å². The zero-order chi connectivity index (χ0) is 17.9. The second-order valence-electron chi connectivity index (χ2n) is 6.08. The molecule has 0 atom stereocenters. The summed E-state index contributed by atoms with van der Waals surface area (Å²) in [5.41, 5.74) is 2.43. The van der Waals surface area contributed by atoms with Gasteiger partial charge in [-0.3, -0.25) is 14.9 Å². The zero-order valence-corrected chi connectivity index (χ0v) is 14.8. The maximum atomic E-state index is 12.5. The van der Waals surface area contributed by atoms with Gasteiger partial charge in [0.2, 0.25) is 5.91 Å². The number of rotatable bonds is 4. The Labute approximate surface area is 154 Å². The van der Waals surface area contributed by atoms with E-state index in [2.05, 4.69) is 10.3 Å². The van der Waals surface area contributed by atoms with Gasteiger partial charge >= 0.3 is 0 Å². The molecule has 0 saturated heterocycles. The van der Waals surface area contributed by atoms with Crippen LogP contribution in [-0.2, 0) is 24.2 Å². The number of anilines is 1. The number of carbonyl (C=O) groups excluding carboxylic acids is 2. The van der Waals surface area contributed by atoms with E-state index >= 15 is 0 Å². The van der Waals surface area contributed by atoms with Crippen LogP contribution in [0, 0.1) is 0 Å². The lowest BCUT2D eigenvalue weighted by Crippen LogP contribution is -2.36. The minimum absolute atomic E-state index is 0.110. The van der Waals surface area contributed by atoms with E-state index in [1.54, 1.807) is 6.07 Å². The Morgan fingerprint density at radius 2 is 2.08 bits per heavy atom. The van der Waals surface area contributed by atoms with Crippen molar-refractivity contribution in [2.24, 2.45) is 0 Å². The first-order valence-electron chi connectivity index (χ1n) is 8.33. The summed E-state index contributed by atoms with van der Waals surface area (Å²) in [7, 11) is 0. The van der Waals surface area contributed by atoms with Crippen molar-refractivity contribution in [1.29, 1.82) is 0 Å². The number of fused-ring (bicyclic) bond motifs is 1. The third kappa shape index (κ3) is 3.52. The first-order valence-corrected chi connectivity index (χ1v) is 9.14. The monoisotopic (exact) mass is 367 g/mol. The molecular weight excluding hydrogens is 350 g/mol. The van der Waals surface area contributed by atoms with E-state index in [0.717, 1.165) is 16.1 Å². The SMILES string of the molecule is O=C(Nc1nc2c(s1)CN(C(=O)Cc1ccccc1)CC2)c1ccoc1. The molecule has 1 aromatic carbocycles. The molecule has 1 aliphatic heterocycles. The summed E-state index contributed by atoms with van der Waals surface area (Å²) in [6, 6.07) is 11.3. The minimum atomic E-state index is -0.248. The summed E-state index contributed by atoms with van der Waals surface area (Å²) in [4.78, 5) is 32.0. The fraction of sp³-hybridized carbons (Fsp3) is 0.211. The van der Waals surface area contributed by atoms with Gasteiger partial charge in [-0.05, 0) is 11.6 Å². The third-order valence-electron chi connectivity index (χ3n) is 4.29. The van der Waals surface area contributed by atoms with Gasteiger partial charge in [-0.25, -0.2) is 4.98 Å². The van der Waals surface area contributed by atoms with Crippen LogP contribution in [0.5, 0.6) is 0 Å². The van der Waals surface area contributed by atoms with Crippen LogP contribution >= 0.6 is 11.3 Å². The molecule has 0 spiro atoms. The third-order valence-corrected chi connectivity index (χ3v) is 5.28. The molecule has 0 radical (unpaired) electrons. The summed E-state index contributed by atoms with van der Waals surface area (Å²) >= 11 is 1.42. The zero-order valence-electron chi connectivity index (χ0n) is 14.0. The number of aromatic nitrogens is 1. The van der Waals surface area contributed by atoms with Crippen molar-refractivity contribution >= 4 is 28.3 Å². The van der Waals surface area contributed by atoms with Gasteiger partial charge < -0.3 is 9.32 Å². The van der Waals surface area contributed by atoms with E-state index < -0.39 is 0 Å². The van der Waals surface area contributed by atoms with Crippen molar-refractivity contribution in [3.63, 3.8) is 0 Å². The molecule has 0 unspecified atom stereocenters. The number of carbonyl (C=O) groups is 2. The van der Waals surface area contributed by atoms with Crippen LogP contribution in [0.2, 0.25) is 0 Å². The normalized spacial score (nSPS) is 13.3. The number of hydrogen-bond acceptors (Lipinski definition) is 5. The Hall–Kier alpha value is -2.93. The van der Waals surface area contributed by atoms with E-state index in [-0.39, 0.29) is 11.8 Å². The van der Waals surface area contributed by atoms with Gasteiger partial charge in [0.05, 0.1) is 30.5 Å². The Balaban J connectivity index is 1.41. The average Bonchev–Trinajstić information content (AvgIpc) is 3.31. The topological polar surface area (TPSA) is 75.4 Å². The maximum absolute atomic E-state index is 12.5. The summed E-state index contributed by atoms with van der Waals surface area (Å²) in [6.45, 7) is 1.19. The first-order chi connectivity index (χ1) is 12.7. The van der Waals surface area contributed by atoms with Gasteiger partial charge in [-0.1, -0.05) is 41.7 Å². The molecule has 0 saturated carbocycles. The lowest BCUT2D eigenvalue weighted by atomic mass is 10.1. The molecule has 0 bridgehead atoms. The Morgan fingerprint density at radius 1 is 1.23 bits per heavy atom. The molecule has 6 nitrogen and oxygen atoms in total. The van der Waals surface area contributed by atoms with Crippen LogP contribution in [0.3, 0.4) is 0 Å². The van der Waals surface area contributed by atoms with Gasteiger partial charge in [0, 0.05) is 17.8 Å². The van der Waals surface area contributed by atoms with Crippen molar-refractivity contribution in [2.75, 3.05) is 11.9 Å². The lowest BCUT2D eigenvalue weighted by Gasteiger charge is -2.26. The fourth-order valence-electron chi connectivity index (χ4n) is 2.91. The molecular formula is C19H17N3O3S. The molecule has 7 heteroatoms. The Bertz CT molecular complexity index is 919. The van der Waals surface area contributed by atoms with E-state index in [1.807, 2.05) is 35.2 Å². The van der Waals surface area contributed by atoms with Crippen molar-refractivity contribution < 1.29 is 14.0 Å². The minimum Gasteiger partial charge on any atom is -0.472 e. The summed E-state index contributed by atoms with van der Waals surface area (Å²) in [5, 5.41) is 3.34. The highest BCUT2D eigenvalue weighted by Gasteiger charge is 2.24. The van der Waals surface area contributed by atoms with Crippen molar-refractivity contribution in [3.05, 3.63) is 70.6 Å². The number of nitrogens with one attached hydrogen (secondary N) is 1. The van der Waals surface area contributed by atoms with Crippen LogP contribution in [0.4, 0.5) is 5.13 Å². The van der Waals surface area contributed by atoms with Gasteiger partial charge in [0.25, 0.3) is 5.91 Å². The van der Waals surface area contributed by atoms with E-state index in [4.69, 9.17) is 4.42 Å². The number of amides is 2.